The molecule has 0 aliphatic rings. The fourth-order valence-corrected chi connectivity index (χ4v) is 3.17. The van der Waals surface area contributed by atoms with E-state index in [4.69, 9.17) is 5.26 Å². The number of rotatable bonds is 4. The number of aromatic nitrogens is 2. The molecule has 6 heteroatoms. The molecule has 19 heavy (non-hydrogen) atoms. The van der Waals surface area contributed by atoms with Gasteiger partial charge in [-0.05, 0) is 0 Å². The summed E-state index contributed by atoms with van der Waals surface area (Å²) in [4.78, 5) is 0. The molecular weight excluding hydrogens is 580 g/mol. The number of hydrogen-bond acceptors (Lipinski definition) is 3. The number of nitrogens with zero attached hydrogens (tertiary/aromatic N) is 3. The van der Waals surface area contributed by atoms with Crippen molar-refractivity contribution in [2.45, 2.75) is 0 Å². The van der Waals surface area contributed by atoms with E-state index in [1.807, 2.05) is 48.3 Å². The predicted octanol–water partition coefficient (Wildman–Crippen LogP) is 0.907. The first-order valence-electron chi connectivity index (χ1n) is 5.48. The Hall–Kier alpha value is -1.16. The number of para-hydroxylation sites is 1. The first-order valence-corrected chi connectivity index (χ1v) is 8.41. The molecule has 94 valence electrons. The van der Waals surface area contributed by atoms with Crippen LogP contribution in [0.1, 0.15) is 0 Å². The van der Waals surface area contributed by atoms with Crippen LogP contribution in [0.25, 0.3) is 10.9 Å². The summed E-state index contributed by atoms with van der Waals surface area (Å²) in [5, 5.41) is 17.6. The summed E-state index contributed by atoms with van der Waals surface area (Å²) in [6, 6.07) is 10.3. The zero-order valence-electron chi connectivity index (χ0n) is 10.1. The van der Waals surface area contributed by atoms with Gasteiger partial charge >= 0.3 is 133 Å². The monoisotopic (exact) mass is 590 g/mol. The summed E-state index contributed by atoms with van der Waals surface area (Å²) in [5.74, 6) is 0. The third-order valence-electron chi connectivity index (χ3n) is 2.57. The Labute approximate surface area is 132 Å². The quantitative estimate of drug-likeness (QED) is 0.577. The van der Waals surface area contributed by atoms with Crippen LogP contribution in [0, 0.1) is 11.3 Å². The van der Waals surface area contributed by atoms with Gasteiger partial charge in [0.25, 0.3) is 0 Å². The van der Waals surface area contributed by atoms with Gasteiger partial charge in [-0.15, -0.1) is 0 Å². The maximum atomic E-state index is 8.98. The molecule has 0 unspecified atom stereocenters. The molecule has 2 rings (SSSR count). The van der Waals surface area contributed by atoms with Crippen LogP contribution in [-0.2, 0) is 38.7 Å². The zero-order valence-corrected chi connectivity index (χ0v) is 16.0. The minimum absolute atomic E-state index is 0.748. The molecule has 0 atom stereocenters. The van der Waals surface area contributed by atoms with Crippen molar-refractivity contribution < 1.29 is 38.7 Å². The molecule has 0 amide bonds. The van der Waals surface area contributed by atoms with Gasteiger partial charge in [-0.2, -0.15) is 0 Å². The van der Waals surface area contributed by atoms with Crippen molar-refractivity contribution in [1.82, 2.24) is 15.1 Å². The van der Waals surface area contributed by atoms with Gasteiger partial charge in [0.05, 0.1) is 0 Å². The van der Waals surface area contributed by atoms with E-state index in [9.17, 15) is 0 Å². The zero-order chi connectivity index (χ0) is 13.8. The minimum atomic E-state index is 0.748. The SMILES string of the molecule is CN/C(=C/[C](=[W])n1ncc2ccccc21)[C](=[W])C#N. The van der Waals surface area contributed by atoms with Crippen molar-refractivity contribution in [3.05, 3.63) is 42.2 Å². The molecule has 4 nitrogen and oxygen atoms in total. The second-order valence-electron chi connectivity index (χ2n) is 3.70. The van der Waals surface area contributed by atoms with Crippen LogP contribution in [0.15, 0.2) is 42.2 Å². The van der Waals surface area contributed by atoms with Gasteiger partial charge in [-0.25, -0.2) is 0 Å². The molecule has 2 aromatic rings. The summed E-state index contributed by atoms with van der Waals surface area (Å²) in [5.41, 5.74) is 1.95. The van der Waals surface area contributed by atoms with Crippen molar-refractivity contribution in [3.63, 3.8) is 0 Å². The van der Waals surface area contributed by atoms with Crippen LogP contribution < -0.4 is 5.32 Å². The topological polar surface area (TPSA) is 53.6 Å². The van der Waals surface area contributed by atoms with E-state index in [2.05, 4.69) is 16.5 Å². The fraction of sp³-hybridized carbons (Fsp3) is 0.0769. The van der Waals surface area contributed by atoms with Crippen LogP contribution in [0.3, 0.4) is 0 Å². The summed E-state index contributed by atoms with van der Waals surface area (Å²) in [7, 11) is 1.83. The van der Waals surface area contributed by atoms with Gasteiger partial charge in [-0.1, -0.05) is 0 Å². The third kappa shape index (κ3) is 3.05. The van der Waals surface area contributed by atoms with E-state index < -0.39 is 0 Å². The van der Waals surface area contributed by atoms with Gasteiger partial charge < -0.3 is 0 Å². The Kier molecular flexibility index (Phi) is 4.74. The average molecular weight is 590 g/mol. The second-order valence-corrected chi connectivity index (χ2v) is 6.67. The van der Waals surface area contributed by atoms with Crippen molar-refractivity contribution in [2.75, 3.05) is 7.05 Å². The number of benzene rings is 1. The first-order chi connectivity index (χ1) is 9.17. The summed E-state index contributed by atoms with van der Waals surface area (Å²) in [6.07, 6.45) is 3.84. The molecule has 0 saturated carbocycles. The van der Waals surface area contributed by atoms with Crippen molar-refractivity contribution in [3.8, 4) is 6.07 Å². The molecule has 0 aliphatic carbocycles. The molecule has 1 N–H and O–H groups in total. The average Bonchev–Trinajstić information content (AvgIpc) is 2.87. The molecule has 1 heterocycles. The van der Waals surface area contributed by atoms with Crippen LogP contribution in [-0.4, -0.2) is 24.7 Å². The third-order valence-corrected chi connectivity index (χ3v) is 4.73. The van der Waals surface area contributed by atoms with Gasteiger partial charge in [-0.3, -0.25) is 0 Å². The van der Waals surface area contributed by atoms with E-state index in [1.54, 1.807) is 0 Å². The van der Waals surface area contributed by atoms with E-state index in [0.717, 1.165) is 43.9 Å². The molecule has 0 fully saturated rings. The molecular formula is C13H10N4W2. The van der Waals surface area contributed by atoms with Gasteiger partial charge in [0.1, 0.15) is 0 Å². The van der Waals surface area contributed by atoms with Crippen LogP contribution >= 0.6 is 0 Å². The van der Waals surface area contributed by atoms with Crippen molar-refractivity contribution in [1.29, 1.82) is 5.26 Å². The van der Waals surface area contributed by atoms with Crippen LogP contribution in [0.5, 0.6) is 0 Å². The molecule has 0 saturated heterocycles. The number of fused-ring (bicyclic) bond motifs is 1. The normalized spacial score (nSPS) is 11.1. The van der Waals surface area contributed by atoms with E-state index >= 15 is 0 Å². The number of hydrogen-bond donors (Lipinski definition) is 1. The van der Waals surface area contributed by atoms with E-state index in [1.165, 1.54) is 19.4 Å². The standard InChI is InChI=1S/C13H10N4.2W/c1-15-12(6-8-14)7-9-17-13-5-3-2-4-11(13)10-16-17;;/h2-5,7,10,15H,1H3;;/b12-7+;;. The molecule has 0 radical (unpaired) electrons. The fourth-order valence-electron chi connectivity index (χ4n) is 1.64. The summed E-state index contributed by atoms with van der Waals surface area (Å²) in [6.45, 7) is 0. The number of allylic oxidation sites excluding steroid dienone is 2. The Bertz CT molecular complexity index is 722. The van der Waals surface area contributed by atoms with E-state index in [-0.39, 0.29) is 0 Å². The molecule has 1 aromatic carbocycles. The number of nitrogens with one attached hydrogen (secondary N) is 1. The second kappa shape index (κ2) is 6.33. The van der Waals surface area contributed by atoms with Crippen molar-refractivity contribution >= 4 is 18.8 Å². The molecule has 0 aliphatic heterocycles. The summed E-state index contributed by atoms with van der Waals surface area (Å²) >= 11 is 2.46. The molecule has 0 bridgehead atoms. The van der Waals surface area contributed by atoms with Gasteiger partial charge in [0, 0.05) is 0 Å². The van der Waals surface area contributed by atoms with E-state index in [0.29, 0.717) is 0 Å². The molecule has 1 aromatic heterocycles. The Morgan fingerprint density at radius 2 is 2.16 bits per heavy atom. The molecule has 0 spiro atoms. The van der Waals surface area contributed by atoms with Gasteiger partial charge in [0.15, 0.2) is 0 Å². The van der Waals surface area contributed by atoms with Gasteiger partial charge in [0.2, 0.25) is 0 Å². The van der Waals surface area contributed by atoms with Crippen LogP contribution in [0.2, 0.25) is 0 Å². The Morgan fingerprint density at radius 3 is 2.84 bits per heavy atom. The van der Waals surface area contributed by atoms with Crippen molar-refractivity contribution in [2.24, 2.45) is 0 Å². The maximum absolute atomic E-state index is 8.98. The first kappa shape index (κ1) is 14.3. The Balaban J connectivity index is 2.42. The number of nitriles is 1. The van der Waals surface area contributed by atoms with Crippen LogP contribution in [0.4, 0.5) is 0 Å². The Morgan fingerprint density at radius 1 is 1.42 bits per heavy atom. The summed E-state index contributed by atoms with van der Waals surface area (Å²) < 4.78 is 3.72. The predicted molar refractivity (Wildman–Crippen MR) is 67.9 cm³/mol.